The maximum Gasteiger partial charge on any atom is 0.272 e. The van der Waals surface area contributed by atoms with Crippen LogP contribution in [-0.2, 0) is 0 Å². The van der Waals surface area contributed by atoms with E-state index in [2.05, 4.69) is 0 Å². The van der Waals surface area contributed by atoms with Gasteiger partial charge < -0.3 is 5.21 Å². The molecule has 0 unspecified atom stereocenters. The Morgan fingerprint density at radius 1 is 0.792 bits per heavy atom. The van der Waals surface area contributed by atoms with Gasteiger partial charge in [0.2, 0.25) is 5.69 Å². The Balaban J connectivity index is 1.75. The van der Waals surface area contributed by atoms with Crippen LogP contribution in [0.25, 0.3) is 11.1 Å². The number of hydrogen-bond donors (Lipinski definition) is 0. The summed E-state index contributed by atoms with van der Waals surface area (Å²) in [5, 5.41) is 12.9. The zero-order chi connectivity index (χ0) is 16.7. The number of carbonyl (C=O) groups excluding carboxylic acids is 1. The molecule has 0 atom stereocenters. The van der Waals surface area contributed by atoms with Gasteiger partial charge in [0, 0.05) is 11.1 Å². The van der Waals surface area contributed by atoms with Crippen LogP contribution in [-0.4, -0.2) is 16.2 Å². The zero-order valence-corrected chi connectivity index (χ0v) is 13.3. The van der Waals surface area contributed by atoms with Gasteiger partial charge in [-0.3, -0.25) is 4.79 Å². The number of fused-ring (bicyclic) bond motifs is 1. The molecule has 0 aromatic heterocycles. The van der Waals surface area contributed by atoms with Crippen molar-refractivity contribution in [1.82, 2.24) is 0 Å². The molecule has 1 aliphatic rings. The van der Waals surface area contributed by atoms with Crippen molar-refractivity contribution in [2.75, 3.05) is 0 Å². The van der Waals surface area contributed by atoms with E-state index >= 15 is 0 Å². The first-order valence-electron chi connectivity index (χ1n) is 7.49. The van der Waals surface area contributed by atoms with Crippen LogP contribution in [0.4, 0.5) is 5.69 Å². The highest BCUT2D eigenvalue weighted by Gasteiger charge is 2.36. The van der Waals surface area contributed by atoms with Crippen LogP contribution >= 0.6 is 11.6 Å². The molecule has 4 heteroatoms. The predicted octanol–water partition coefficient (Wildman–Crippen LogP) is 4.83. The lowest BCUT2D eigenvalue weighted by Crippen LogP contribution is -2.16. The Morgan fingerprint density at radius 2 is 1.42 bits per heavy atom. The predicted molar refractivity (Wildman–Crippen MR) is 95.1 cm³/mol. The van der Waals surface area contributed by atoms with Gasteiger partial charge in [-0.05, 0) is 35.4 Å². The summed E-state index contributed by atoms with van der Waals surface area (Å²) in [4.78, 5) is 12.6. The maximum atomic E-state index is 12.6. The molecule has 0 saturated carbocycles. The smallest absolute Gasteiger partial charge is 0.272 e. The maximum absolute atomic E-state index is 12.6. The Labute approximate surface area is 144 Å². The number of ketones is 1. The molecule has 24 heavy (non-hydrogen) atoms. The van der Waals surface area contributed by atoms with Gasteiger partial charge in [0.15, 0.2) is 0 Å². The molecule has 0 N–H and O–H groups in total. The van der Waals surface area contributed by atoms with Gasteiger partial charge in [-0.1, -0.05) is 54.1 Å². The molecule has 0 aliphatic carbocycles. The minimum absolute atomic E-state index is 0.131. The van der Waals surface area contributed by atoms with E-state index in [-0.39, 0.29) is 11.5 Å². The van der Waals surface area contributed by atoms with Gasteiger partial charge in [0.1, 0.15) is 5.56 Å². The molecule has 0 radical (unpaired) electrons. The molecule has 0 saturated heterocycles. The molecule has 3 nitrogen and oxygen atoms in total. The van der Waals surface area contributed by atoms with Gasteiger partial charge in [-0.2, -0.15) is 4.74 Å². The Kier molecular flexibility index (Phi) is 3.44. The summed E-state index contributed by atoms with van der Waals surface area (Å²) in [6, 6.07) is 22.1. The monoisotopic (exact) mass is 333 g/mol. The summed E-state index contributed by atoms with van der Waals surface area (Å²) >= 11 is 5.94. The minimum atomic E-state index is -0.296. The van der Waals surface area contributed by atoms with E-state index in [0.717, 1.165) is 11.1 Å². The third-order valence-corrected chi connectivity index (χ3v) is 4.34. The van der Waals surface area contributed by atoms with E-state index in [9.17, 15) is 10.0 Å². The lowest BCUT2D eigenvalue weighted by Gasteiger charge is -2.04. The van der Waals surface area contributed by atoms with Gasteiger partial charge >= 0.3 is 0 Å². The van der Waals surface area contributed by atoms with Gasteiger partial charge in [-0.25, -0.2) is 0 Å². The highest BCUT2D eigenvalue weighted by molar-refractivity contribution is 6.52. The average molecular weight is 334 g/mol. The van der Waals surface area contributed by atoms with Crippen molar-refractivity contribution >= 4 is 28.8 Å². The molecule has 3 aromatic rings. The van der Waals surface area contributed by atoms with Crippen molar-refractivity contribution in [2.45, 2.75) is 0 Å². The fourth-order valence-electron chi connectivity index (χ4n) is 2.91. The zero-order valence-electron chi connectivity index (χ0n) is 12.6. The summed E-state index contributed by atoms with van der Waals surface area (Å²) in [6.07, 6.45) is 0. The van der Waals surface area contributed by atoms with Gasteiger partial charge in [0.05, 0.1) is 5.56 Å². The second-order valence-electron chi connectivity index (χ2n) is 5.58. The SMILES string of the molecule is O=C1C(c2ccc(-c3ccccc3)cc2)=[N+]([O-])c2ccc(Cl)cc21. The topological polar surface area (TPSA) is 43.1 Å². The van der Waals surface area contributed by atoms with Crippen LogP contribution in [0.1, 0.15) is 15.9 Å². The van der Waals surface area contributed by atoms with E-state index in [1.54, 1.807) is 24.3 Å². The first kappa shape index (κ1) is 14.7. The quantitative estimate of drug-likeness (QED) is 0.497. The summed E-state index contributed by atoms with van der Waals surface area (Å²) in [5.41, 5.74) is 3.53. The number of nitrogens with zero attached hydrogens (tertiary/aromatic N) is 1. The molecule has 0 bridgehead atoms. The van der Waals surface area contributed by atoms with E-state index in [4.69, 9.17) is 11.6 Å². The summed E-state index contributed by atoms with van der Waals surface area (Å²) in [7, 11) is 0. The molecule has 0 spiro atoms. The summed E-state index contributed by atoms with van der Waals surface area (Å²) in [5.74, 6) is -0.296. The minimum Gasteiger partial charge on any atom is -0.618 e. The van der Waals surface area contributed by atoms with Crippen molar-refractivity contribution in [3.05, 3.63) is 94.2 Å². The van der Waals surface area contributed by atoms with E-state index < -0.39 is 0 Å². The van der Waals surface area contributed by atoms with E-state index in [1.165, 1.54) is 6.07 Å². The molecule has 4 rings (SSSR count). The van der Waals surface area contributed by atoms with Gasteiger partial charge in [-0.15, -0.1) is 0 Å². The fourth-order valence-corrected chi connectivity index (χ4v) is 3.08. The van der Waals surface area contributed by atoms with Crippen molar-refractivity contribution in [1.29, 1.82) is 0 Å². The van der Waals surface area contributed by atoms with Crippen LogP contribution in [0.15, 0.2) is 72.8 Å². The summed E-state index contributed by atoms with van der Waals surface area (Å²) < 4.78 is 0.686. The Bertz CT molecular complexity index is 976. The number of carbonyl (C=O) groups is 1. The largest absolute Gasteiger partial charge is 0.618 e. The molecule has 0 amide bonds. The lowest BCUT2D eigenvalue weighted by atomic mass is 9.99. The number of benzene rings is 3. The molecule has 116 valence electrons. The molecule has 1 aliphatic heterocycles. The molecular weight excluding hydrogens is 322 g/mol. The molecule has 1 heterocycles. The number of halogens is 1. The highest BCUT2D eigenvalue weighted by Crippen LogP contribution is 2.31. The number of rotatable bonds is 2. The first-order valence-corrected chi connectivity index (χ1v) is 7.87. The van der Waals surface area contributed by atoms with Crippen LogP contribution in [0.5, 0.6) is 0 Å². The Morgan fingerprint density at radius 3 is 2.12 bits per heavy atom. The Hall–Kier alpha value is -2.91. The van der Waals surface area contributed by atoms with Crippen molar-refractivity contribution in [3.63, 3.8) is 0 Å². The average Bonchev–Trinajstić information content (AvgIpc) is 2.86. The van der Waals surface area contributed by atoms with E-state index in [0.29, 0.717) is 26.6 Å². The summed E-state index contributed by atoms with van der Waals surface area (Å²) in [6.45, 7) is 0. The van der Waals surface area contributed by atoms with E-state index in [1.807, 2.05) is 42.5 Å². The van der Waals surface area contributed by atoms with Crippen LogP contribution in [0.3, 0.4) is 0 Å². The standard InChI is InChI=1S/C20H12ClNO2/c21-16-10-11-18-17(12-16)20(23)19(22(18)24)15-8-6-14(7-9-15)13-4-2-1-3-5-13/h1-12H. The molecule has 3 aromatic carbocycles. The van der Waals surface area contributed by atoms with Crippen molar-refractivity contribution in [3.8, 4) is 11.1 Å². The second-order valence-corrected chi connectivity index (χ2v) is 6.01. The third kappa shape index (κ3) is 2.30. The molecular formula is C20H12ClNO2. The van der Waals surface area contributed by atoms with Gasteiger partial charge in [0.25, 0.3) is 11.5 Å². The van der Waals surface area contributed by atoms with Crippen molar-refractivity contribution < 1.29 is 9.53 Å². The highest BCUT2D eigenvalue weighted by atomic mass is 35.5. The third-order valence-electron chi connectivity index (χ3n) is 4.11. The number of Topliss-reactive ketones (excluding diaryl/α,β-unsaturated/α-hetero) is 1. The molecule has 0 fully saturated rings. The normalized spacial score (nSPS) is 13.3. The second kappa shape index (κ2) is 5.62. The van der Waals surface area contributed by atoms with Crippen LogP contribution in [0, 0.1) is 5.21 Å². The first-order chi connectivity index (χ1) is 11.6. The number of hydrogen-bond acceptors (Lipinski definition) is 2. The van der Waals surface area contributed by atoms with Crippen molar-refractivity contribution in [2.24, 2.45) is 0 Å². The van der Waals surface area contributed by atoms with Crippen LogP contribution < -0.4 is 0 Å². The fraction of sp³-hybridized carbons (Fsp3) is 0. The lowest BCUT2D eigenvalue weighted by molar-refractivity contribution is -0.355. The van der Waals surface area contributed by atoms with Crippen LogP contribution in [0.2, 0.25) is 5.02 Å².